The van der Waals surface area contributed by atoms with Gasteiger partial charge in [-0.1, -0.05) is 18.2 Å². The molecule has 0 atom stereocenters. The van der Waals surface area contributed by atoms with Crippen molar-refractivity contribution in [2.75, 3.05) is 11.5 Å². The molecule has 16 heavy (non-hydrogen) atoms. The maximum absolute atomic E-state index is 5.73. The van der Waals surface area contributed by atoms with Crippen LogP contribution in [0.15, 0.2) is 42.5 Å². The highest BCUT2D eigenvalue weighted by Crippen LogP contribution is 2.26. The zero-order chi connectivity index (χ0) is 11.5. The van der Waals surface area contributed by atoms with E-state index < -0.39 is 0 Å². The Labute approximate surface area is 94.9 Å². The molecule has 0 fully saturated rings. The second-order valence-electron chi connectivity index (χ2n) is 3.74. The number of nitrogen functional groups attached to an aromatic ring is 2. The molecular formula is C13H15N3. The van der Waals surface area contributed by atoms with Gasteiger partial charge in [-0.15, -0.1) is 0 Å². The van der Waals surface area contributed by atoms with Gasteiger partial charge >= 0.3 is 0 Å². The maximum atomic E-state index is 5.73. The largest absolute Gasteiger partial charge is 0.399 e. The minimum atomic E-state index is 0.477. The predicted octanol–water partition coefficient (Wildman–Crippen LogP) is 1.98. The molecule has 2 aromatic rings. The number of hydrogen-bond donors (Lipinski definition) is 3. The monoisotopic (exact) mass is 213 g/mol. The maximum Gasteiger partial charge on any atom is 0.0317 e. The van der Waals surface area contributed by atoms with Crippen LogP contribution < -0.4 is 17.2 Å². The Kier molecular flexibility index (Phi) is 2.79. The first kappa shape index (κ1) is 10.5. The van der Waals surface area contributed by atoms with E-state index in [9.17, 15) is 0 Å². The van der Waals surface area contributed by atoms with Crippen LogP contribution in [0.3, 0.4) is 0 Å². The summed E-state index contributed by atoms with van der Waals surface area (Å²) in [5.74, 6) is 0. The topological polar surface area (TPSA) is 78.1 Å². The van der Waals surface area contributed by atoms with Gasteiger partial charge in [-0.3, -0.25) is 0 Å². The summed E-state index contributed by atoms with van der Waals surface area (Å²) in [6.07, 6.45) is 0. The molecule has 0 aromatic heterocycles. The van der Waals surface area contributed by atoms with Gasteiger partial charge in [0, 0.05) is 17.9 Å². The number of anilines is 2. The number of nitrogens with two attached hydrogens (primary N) is 3. The van der Waals surface area contributed by atoms with Gasteiger partial charge in [0.15, 0.2) is 0 Å². The van der Waals surface area contributed by atoms with Gasteiger partial charge < -0.3 is 17.2 Å². The lowest BCUT2D eigenvalue weighted by molar-refractivity contribution is 1.07. The summed E-state index contributed by atoms with van der Waals surface area (Å²) in [5.41, 5.74) is 21.8. The van der Waals surface area contributed by atoms with Gasteiger partial charge in [0.25, 0.3) is 0 Å². The first-order valence-corrected chi connectivity index (χ1v) is 5.15. The van der Waals surface area contributed by atoms with Crippen LogP contribution >= 0.6 is 0 Å². The minimum absolute atomic E-state index is 0.477. The second kappa shape index (κ2) is 4.24. The van der Waals surface area contributed by atoms with Crippen LogP contribution in [0, 0.1) is 0 Å². The first-order valence-electron chi connectivity index (χ1n) is 5.15. The molecule has 0 heterocycles. The zero-order valence-electron chi connectivity index (χ0n) is 8.98. The van der Waals surface area contributed by atoms with Crippen molar-refractivity contribution in [3.05, 3.63) is 48.0 Å². The quantitative estimate of drug-likeness (QED) is 0.667. The third-order valence-electron chi connectivity index (χ3n) is 2.57. The summed E-state index contributed by atoms with van der Waals surface area (Å²) < 4.78 is 0. The minimum Gasteiger partial charge on any atom is -0.399 e. The summed E-state index contributed by atoms with van der Waals surface area (Å²) >= 11 is 0. The van der Waals surface area contributed by atoms with Crippen LogP contribution in [0.2, 0.25) is 0 Å². The summed E-state index contributed by atoms with van der Waals surface area (Å²) in [5, 5.41) is 0. The van der Waals surface area contributed by atoms with Crippen molar-refractivity contribution >= 4 is 11.4 Å². The molecule has 0 aliphatic heterocycles. The molecular weight excluding hydrogens is 198 g/mol. The smallest absolute Gasteiger partial charge is 0.0317 e. The average molecular weight is 213 g/mol. The van der Waals surface area contributed by atoms with Gasteiger partial charge in [0.1, 0.15) is 0 Å². The Hall–Kier alpha value is -2.00. The summed E-state index contributed by atoms with van der Waals surface area (Å²) in [6, 6.07) is 13.5. The van der Waals surface area contributed by atoms with E-state index in [2.05, 4.69) is 0 Å². The molecule has 0 aliphatic carbocycles. The molecule has 6 N–H and O–H groups in total. The van der Waals surface area contributed by atoms with Gasteiger partial charge in [0.05, 0.1) is 0 Å². The summed E-state index contributed by atoms with van der Waals surface area (Å²) in [7, 11) is 0. The molecule has 0 aliphatic rings. The Balaban J connectivity index is 2.51. The number of benzene rings is 2. The van der Waals surface area contributed by atoms with Crippen LogP contribution in [0.1, 0.15) is 5.56 Å². The first-order chi connectivity index (χ1) is 7.70. The Bertz CT molecular complexity index is 489. The van der Waals surface area contributed by atoms with Crippen molar-refractivity contribution in [2.45, 2.75) is 6.54 Å². The Morgan fingerprint density at radius 2 is 1.44 bits per heavy atom. The summed E-state index contributed by atoms with van der Waals surface area (Å²) in [6.45, 7) is 0.477. The van der Waals surface area contributed by atoms with Crippen LogP contribution in [0.25, 0.3) is 11.1 Å². The van der Waals surface area contributed by atoms with Crippen LogP contribution in [-0.2, 0) is 6.54 Å². The molecule has 0 saturated heterocycles. The SMILES string of the molecule is NCc1cc(N)ccc1-c1ccc(N)cc1. The predicted molar refractivity (Wildman–Crippen MR) is 68.6 cm³/mol. The van der Waals surface area contributed by atoms with Gasteiger partial charge in [-0.2, -0.15) is 0 Å². The van der Waals surface area contributed by atoms with E-state index in [1.165, 1.54) is 0 Å². The molecule has 0 unspecified atom stereocenters. The van der Waals surface area contributed by atoms with E-state index in [1.54, 1.807) is 0 Å². The molecule has 0 radical (unpaired) electrons. The van der Waals surface area contributed by atoms with E-state index in [4.69, 9.17) is 17.2 Å². The Morgan fingerprint density at radius 1 is 0.812 bits per heavy atom. The van der Waals surface area contributed by atoms with E-state index in [1.807, 2.05) is 42.5 Å². The van der Waals surface area contributed by atoms with Crippen molar-refractivity contribution in [3.8, 4) is 11.1 Å². The number of hydrogen-bond acceptors (Lipinski definition) is 3. The fraction of sp³-hybridized carbons (Fsp3) is 0.0769. The lowest BCUT2D eigenvalue weighted by atomic mass is 9.99. The lowest BCUT2D eigenvalue weighted by Crippen LogP contribution is -2.00. The highest BCUT2D eigenvalue weighted by atomic mass is 14.6. The molecule has 82 valence electrons. The van der Waals surface area contributed by atoms with Crippen molar-refractivity contribution in [2.24, 2.45) is 5.73 Å². The van der Waals surface area contributed by atoms with Crippen molar-refractivity contribution in [1.29, 1.82) is 0 Å². The molecule has 2 rings (SSSR count). The standard InChI is InChI=1S/C13H15N3/c14-8-10-7-12(16)5-6-13(10)9-1-3-11(15)4-2-9/h1-7H,8,14-16H2. The van der Waals surface area contributed by atoms with E-state index in [0.29, 0.717) is 6.54 Å². The normalized spacial score (nSPS) is 10.3. The van der Waals surface area contributed by atoms with Crippen molar-refractivity contribution in [3.63, 3.8) is 0 Å². The molecule has 3 heteroatoms. The van der Waals surface area contributed by atoms with Gasteiger partial charge in [0.2, 0.25) is 0 Å². The van der Waals surface area contributed by atoms with Crippen LogP contribution in [-0.4, -0.2) is 0 Å². The molecule has 0 saturated carbocycles. The molecule has 0 amide bonds. The van der Waals surface area contributed by atoms with E-state index in [-0.39, 0.29) is 0 Å². The molecule has 0 bridgehead atoms. The molecule has 3 nitrogen and oxygen atoms in total. The third kappa shape index (κ3) is 1.99. The zero-order valence-corrected chi connectivity index (χ0v) is 8.98. The third-order valence-corrected chi connectivity index (χ3v) is 2.57. The average Bonchev–Trinajstić information content (AvgIpc) is 2.30. The highest BCUT2D eigenvalue weighted by Gasteiger charge is 2.03. The lowest BCUT2D eigenvalue weighted by Gasteiger charge is -2.09. The van der Waals surface area contributed by atoms with Gasteiger partial charge in [-0.25, -0.2) is 0 Å². The van der Waals surface area contributed by atoms with Crippen molar-refractivity contribution < 1.29 is 0 Å². The Morgan fingerprint density at radius 3 is 2.06 bits per heavy atom. The number of rotatable bonds is 2. The van der Waals surface area contributed by atoms with Crippen LogP contribution in [0.5, 0.6) is 0 Å². The van der Waals surface area contributed by atoms with E-state index >= 15 is 0 Å². The highest BCUT2D eigenvalue weighted by molar-refractivity contribution is 5.71. The summed E-state index contributed by atoms with van der Waals surface area (Å²) in [4.78, 5) is 0. The second-order valence-corrected chi connectivity index (χ2v) is 3.74. The molecule has 2 aromatic carbocycles. The fourth-order valence-electron chi connectivity index (χ4n) is 1.73. The van der Waals surface area contributed by atoms with Gasteiger partial charge in [-0.05, 0) is 41.0 Å². The van der Waals surface area contributed by atoms with Crippen LogP contribution in [0.4, 0.5) is 11.4 Å². The fourth-order valence-corrected chi connectivity index (χ4v) is 1.73. The molecule has 0 spiro atoms. The van der Waals surface area contributed by atoms with E-state index in [0.717, 1.165) is 28.1 Å². The van der Waals surface area contributed by atoms with Crippen molar-refractivity contribution in [1.82, 2.24) is 0 Å².